The minimum absolute atomic E-state index is 0.0790. The van der Waals surface area contributed by atoms with Gasteiger partial charge in [-0.15, -0.1) is 0 Å². The Hall–Kier alpha value is -1.14. The topological polar surface area (TPSA) is 107 Å². The number of rotatable bonds is 4. The third kappa shape index (κ3) is 3.18. The minimum Gasteiger partial charge on any atom is -0.379 e. The van der Waals surface area contributed by atoms with Gasteiger partial charge < -0.3 is 21.5 Å². The Bertz CT molecular complexity index is 296. The quantitative estimate of drug-likeness (QED) is 0.567. The van der Waals surface area contributed by atoms with Gasteiger partial charge in [0.1, 0.15) is 5.54 Å². The molecule has 1 saturated heterocycles. The Morgan fingerprint density at radius 3 is 2.56 bits per heavy atom. The summed E-state index contributed by atoms with van der Waals surface area (Å²) >= 11 is 0. The van der Waals surface area contributed by atoms with Crippen molar-refractivity contribution in [3.63, 3.8) is 0 Å². The van der Waals surface area contributed by atoms with E-state index in [1.165, 1.54) is 0 Å². The van der Waals surface area contributed by atoms with Crippen molar-refractivity contribution in [1.82, 2.24) is 5.32 Å². The van der Waals surface area contributed by atoms with Gasteiger partial charge in [0.25, 0.3) is 0 Å². The molecule has 2 amide bonds. The average Bonchev–Trinajstić information content (AvgIpc) is 2.49. The molecule has 0 spiro atoms. The molecule has 0 saturated carbocycles. The Kier molecular flexibility index (Phi) is 3.54. The standard InChI is InChI=1S/C10H19N3O3/c1-9(2,5-7(11)14)13-8(15)10(12)3-4-16-6-10/h3-6,12H2,1-2H3,(H2,11,14)(H,13,15). The summed E-state index contributed by atoms with van der Waals surface area (Å²) in [5.74, 6) is -0.754. The number of amides is 2. The molecular formula is C10H19N3O3. The Morgan fingerprint density at radius 1 is 1.50 bits per heavy atom. The third-order valence-electron chi connectivity index (χ3n) is 2.57. The molecule has 92 valence electrons. The smallest absolute Gasteiger partial charge is 0.242 e. The van der Waals surface area contributed by atoms with Crippen molar-refractivity contribution in [1.29, 1.82) is 0 Å². The highest BCUT2D eigenvalue weighted by molar-refractivity contribution is 5.87. The van der Waals surface area contributed by atoms with Crippen molar-refractivity contribution < 1.29 is 14.3 Å². The SMILES string of the molecule is CC(C)(CC(N)=O)NC(=O)C1(N)CCOC1. The molecule has 6 heteroatoms. The number of carbonyl (C=O) groups is 2. The van der Waals surface area contributed by atoms with Crippen molar-refractivity contribution in [3.8, 4) is 0 Å². The second kappa shape index (κ2) is 4.39. The number of nitrogens with one attached hydrogen (secondary N) is 1. The normalized spacial score (nSPS) is 25.4. The molecule has 0 bridgehead atoms. The van der Waals surface area contributed by atoms with Gasteiger partial charge in [-0.25, -0.2) is 0 Å². The maximum atomic E-state index is 11.9. The van der Waals surface area contributed by atoms with Gasteiger partial charge in [0.05, 0.1) is 6.61 Å². The first kappa shape index (κ1) is 12.9. The summed E-state index contributed by atoms with van der Waals surface area (Å²) in [6, 6.07) is 0. The number of hydrogen-bond acceptors (Lipinski definition) is 4. The van der Waals surface area contributed by atoms with Crippen LogP contribution in [-0.2, 0) is 14.3 Å². The van der Waals surface area contributed by atoms with Gasteiger partial charge in [0.2, 0.25) is 11.8 Å². The zero-order chi connectivity index (χ0) is 12.4. The maximum absolute atomic E-state index is 11.9. The average molecular weight is 229 g/mol. The van der Waals surface area contributed by atoms with Crippen molar-refractivity contribution in [2.45, 2.75) is 37.8 Å². The lowest BCUT2D eigenvalue weighted by Crippen LogP contribution is -2.59. The van der Waals surface area contributed by atoms with E-state index >= 15 is 0 Å². The van der Waals surface area contributed by atoms with Crippen molar-refractivity contribution in [2.75, 3.05) is 13.2 Å². The van der Waals surface area contributed by atoms with Gasteiger partial charge in [-0.2, -0.15) is 0 Å². The summed E-state index contributed by atoms with van der Waals surface area (Å²) in [4.78, 5) is 22.7. The van der Waals surface area contributed by atoms with Crippen LogP contribution >= 0.6 is 0 Å². The fraction of sp³-hybridized carbons (Fsp3) is 0.800. The molecule has 1 unspecified atom stereocenters. The van der Waals surface area contributed by atoms with E-state index in [0.717, 1.165) is 0 Å². The first-order chi connectivity index (χ1) is 7.25. The van der Waals surface area contributed by atoms with E-state index in [1.807, 2.05) is 0 Å². The zero-order valence-corrected chi connectivity index (χ0v) is 9.71. The van der Waals surface area contributed by atoms with Crippen LogP contribution in [0.4, 0.5) is 0 Å². The van der Waals surface area contributed by atoms with Crippen LogP contribution in [0.2, 0.25) is 0 Å². The first-order valence-electron chi connectivity index (χ1n) is 5.23. The van der Waals surface area contributed by atoms with Crippen LogP contribution in [0.3, 0.4) is 0 Å². The number of hydrogen-bond donors (Lipinski definition) is 3. The third-order valence-corrected chi connectivity index (χ3v) is 2.57. The Labute approximate surface area is 94.7 Å². The second-order valence-corrected chi connectivity index (χ2v) is 4.94. The van der Waals surface area contributed by atoms with Gasteiger partial charge in [-0.3, -0.25) is 9.59 Å². The van der Waals surface area contributed by atoms with Crippen LogP contribution in [0.15, 0.2) is 0 Å². The van der Waals surface area contributed by atoms with Gasteiger partial charge in [0.15, 0.2) is 0 Å². The van der Waals surface area contributed by atoms with Crippen LogP contribution in [0, 0.1) is 0 Å². The van der Waals surface area contributed by atoms with E-state index in [1.54, 1.807) is 13.8 Å². The molecule has 1 fully saturated rings. The summed E-state index contributed by atoms with van der Waals surface area (Å²) < 4.78 is 5.10. The molecular weight excluding hydrogens is 210 g/mol. The van der Waals surface area contributed by atoms with E-state index in [0.29, 0.717) is 13.0 Å². The monoisotopic (exact) mass is 229 g/mol. The lowest BCUT2D eigenvalue weighted by atomic mass is 9.94. The second-order valence-electron chi connectivity index (χ2n) is 4.94. The number of primary amides is 1. The van der Waals surface area contributed by atoms with E-state index in [2.05, 4.69) is 5.32 Å². The van der Waals surface area contributed by atoms with Gasteiger partial charge in [-0.05, 0) is 20.3 Å². The van der Waals surface area contributed by atoms with E-state index in [4.69, 9.17) is 16.2 Å². The predicted octanol–water partition coefficient (Wildman–Crippen LogP) is -1.13. The Morgan fingerprint density at radius 2 is 2.12 bits per heavy atom. The minimum atomic E-state index is -0.977. The predicted molar refractivity (Wildman–Crippen MR) is 58.4 cm³/mol. The summed E-state index contributed by atoms with van der Waals surface area (Å²) in [6.45, 7) is 4.16. The van der Waals surface area contributed by atoms with Crippen LogP contribution < -0.4 is 16.8 Å². The van der Waals surface area contributed by atoms with Crippen LogP contribution in [-0.4, -0.2) is 36.1 Å². The molecule has 0 aromatic rings. The van der Waals surface area contributed by atoms with E-state index in [-0.39, 0.29) is 18.9 Å². The molecule has 0 aliphatic carbocycles. The molecule has 6 nitrogen and oxygen atoms in total. The highest BCUT2D eigenvalue weighted by Gasteiger charge is 2.40. The van der Waals surface area contributed by atoms with Crippen molar-refractivity contribution in [3.05, 3.63) is 0 Å². The molecule has 1 aliphatic rings. The molecule has 1 atom stereocenters. The van der Waals surface area contributed by atoms with Crippen LogP contribution in [0.5, 0.6) is 0 Å². The van der Waals surface area contributed by atoms with Gasteiger partial charge in [-0.1, -0.05) is 0 Å². The summed E-state index contributed by atoms with van der Waals surface area (Å²) in [5.41, 5.74) is 9.32. The van der Waals surface area contributed by atoms with Crippen LogP contribution in [0.25, 0.3) is 0 Å². The zero-order valence-electron chi connectivity index (χ0n) is 9.71. The lowest BCUT2D eigenvalue weighted by Gasteiger charge is -2.30. The fourth-order valence-corrected chi connectivity index (χ4v) is 1.67. The Balaban J connectivity index is 2.59. The van der Waals surface area contributed by atoms with Crippen molar-refractivity contribution in [2.24, 2.45) is 11.5 Å². The van der Waals surface area contributed by atoms with Crippen molar-refractivity contribution >= 4 is 11.8 Å². The summed E-state index contributed by atoms with van der Waals surface area (Å²) in [5, 5.41) is 2.73. The lowest BCUT2D eigenvalue weighted by molar-refractivity contribution is -0.128. The molecule has 1 rings (SSSR count). The maximum Gasteiger partial charge on any atom is 0.242 e. The fourth-order valence-electron chi connectivity index (χ4n) is 1.67. The molecule has 1 heterocycles. The number of nitrogens with two attached hydrogens (primary N) is 2. The van der Waals surface area contributed by atoms with Gasteiger partial charge >= 0.3 is 0 Å². The van der Waals surface area contributed by atoms with Crippen LogP contribution in [0.1, 0.15) is 26.7 Å². The first-order valence-corrected chi connectivity index (χ1v) is 5.23. The summed E-state index contributed by atoms with van der Waals surface area (Å²) in [7, 11) is 0. The molecule has 0 aromatic carbocycles. The highest BCUT2D eigenvalue weighted by atomic mass is 16.5. The van der Waals surface area contributed by atoms with Gasteiger partial charge in [0, 0.05) is 18.6 Å². The number of carbonyl (C=O) groups excluding carboxylic acids is 2. The number of ether oxygens (including phenoxy) is 1. The molecule has 0 aromatic heterocycles. The molecule has 1 aliphatic heterocycles. The van der Waals surface area contributed by atoms with E-state index in [9.17, 15) is 9.59 Å². The molecule has 0 radical (unpaired) electrons. The highest BCUT2D eigenvalue weighted by Crippen LogP contribution is 2.18. The molecule has 16 heavy (non-hydrogen) atoms. The van der Waals surface area contributed by atoms with E-state index < -0.39 is 17.0 Å². The largest absolute Gasteiger partial charge is 0.379 e. The summed E-state index contributed by atoms with van der Waals surface area (Å²) in [6.07, 6.45) is 0.571. The molecule has 5 N–H and O–H groups in total.